The maximum Gasteiger partial charge on any atom is 0.0221 e. The molecule has 0 aromatic carbocycles. The summed E-state index contributed by atoms with van der Waals surface area (Å²) in [6.07, 6.45) is 5.31. The van der Waals surface area contributed by atoms with Crippen LogP contribution in [0, 0.1) is 5.92 Å². The zero-order chi connectivity index (χ0) is 12.0. The highest BCUT2D eigenvalue weighted by Gasteiger charge is 2.26. The summed E-state index contributed by atoms with van der Waals surface area (Å²) in [5.74, 6) is 0.893. The first-order chi connectivity index (χ1) is 7.71. The van der Waals surface area contributed by atoms with Gasteiger partial charge < -0.3 is 5.32 Å². The molecule has 1 aliphatic rings. The van der Waals surface area contributed by atoms with Gasteiger partial charge in [0.2, 0.25) is 0 Å². The van der Waals surface area contributed by atoms with E-state index in [2.05, 4.69) is 37.9 Å². The average Bonchev–Trinajstić information content (AvgIpc) is 2.29. The van der Waals surface area contributed by atoms with Crippen LogP contribution in [-0.4, -0.2) is 36.6 Å². The molecule has 1 heterocycles. The van der Waals surface area contributed by atoms with Crippen LogP contribution in [0.3, 0.4) is 0 Å². The molecular weight excluding hydrogens is 196 g/mol. The van der Waals surface area contributed by atoms with E-state index in [1.807, 2.05) is 0 Å². The third kappa shape index (κ3) is 4.06. The number of hydrogen-bond donors (Lipinski definition) is 1. The van der Waals surface area contributed by atoms with Gasteiger partial charge in [-0.05, 0) is 19.3 Å². The third-order valence-electron chi connectivity index (χ3n) is 4.00. The van der Waals surface area contributed by atoms with Gasteiger partial charge in [0.05, 0.1) is 0 Å². The third-order valence-corrected chi connectivity index (χ3v) is 4.00. The van der Waals surface area contributed by atoms with Crippen LogP contribution in [0.15, 0.2) is 0 Å². The van der Waals surface area contributed by atoms with Gasteiger partial charge in [0, 0.05) is 31.7 Å². The number of piperazine rings is 1. The van der Waals surface area contributed by atoms with E-state index in [0.717, 1.165) is 12.0 Å². The Hall–Kier alpha value is -0.0800. The highest BCUT2D eigenvalue weighted by Crippen LogP contribution is 2.17. The summed E-state index contributed by atoms with van der Waals surface area (Å²) in [6, 6.07) is 1.45. The molecule has 1 saturated heterocycles. The van der Waals surface area contributed by atoms with Crippen molar-refractivity contribution in [1.29, 1.82) is 0 Å². The molecule has 1 fully saturated rings. The van der Waals surface area contributed by atoms with Crippen LogP contribution < -0.4 is 5.32 Å². The zero-order valence-corrected chi connectivity index (χ0v) is 11.6. The van der Waals surface area contributed by atoms with E-state index in [9.17, 15) is 0 Å². The van der Waals surface area contributed by atoms with Crippen LogP contribution in [0.2, 0.25) is 0 Å². The molecule has 0 aromatic rings. The summed E-state index contributed by atoms with van der Waals surface area (Å²) in [5, 5.41) is 3.61. The molecule has 0 saturated carbocycles. The molecule has 2 unspecified atom stereocenters. The Morgan fingerprint density at radius 3 is 2.50 bits per heavy atom. The van der Waals surface area contributed by atoms with Gasteiger partial charge >= 0.3 is 0 Å². The molecule has 0 spiro atoms. The molecule has 1 N–H and O–H groups in total. The van der Waals surface area contributed by atoms with Gasteiger partial charge in [0.25, 0.3) is 0 Å². The van der Waals surface area contributed by atoms with Crippen molar-refractivity contribution in [2.24, 2.45) is 5.92 Å². The topological polar surface area (TPSA) is 15.3 Å². The number of nitrogens with zero attached hydrogens (tertiary/aromatic N) is 1. The van der Waals surface area contributed by atoms with Crippen molar-refractivity contribution in [1.82, 2.24) is 10.2 Å². The second-order valence-corrected chi connectivity index (χ2v) is 5.39. The van der Waals surface area contributed by atoms with E-state index in [-0.39, 0.29) is 0 Å². The smallest absolute Gasteiger partial charge is 0.0221 e. The van der Waals surface area contributed by atoms with Crippen molar-refractivity contribution in [3.8, 4) is 0 Å². The minimum Gasteiger partial charge on any atom is -0.311 e. The second-order valence-electron chi connectivity index (χ2n) is 5.39. The van der Waals surface area contributed by atoms with Gasteiger partial charge in [-0.3, -0.25) is 4.90 Å². The Morgan fingerprint density at radius 2 is 1.94 bits per heavy atom. The molecular formula is C14H30N2. The summed E-state index contributed by atoms with van der Waals surface area (Å²) in [5.41, 5.74) is 0. The maximum atomic E-state index is 3.61. The van der Waals surface area contributed by atoms with Crippen molar-refractivity contribution in [2.75, 3.05) is 19.6 Å². The highest BCUT2D eigenvalue weighted by molar-refractivity contribution is 4.84. The van der Waals surface area contributed by atoms with E-state index in [4.69, 9.17) is 0 Å². The van der Waals surface area contributed by atoms with Crippen molar-refractivity contribution < 1.29 is 0 Å². The van der Waals surface area contributed by atoms with Crippen LogP contribution in [0.5, 0.6) is 0 Å². The fraction of sp³-hybridized carbons (Fsp3) is 1.00. The fourth-order valence-electron chi connectivity index (χ4n) is 2.75. The average molecular weight is 226 g/mol. The standard InChI is InChI=1S/C14H30N2/c1-5-8-14-9-15-12(4)10-16(14)11-13(6-2)7-3/h12-15H,5-11H2,1-4H3. The van der Waals surface area contributed by atoms with Crippen LogP contribution in [-0.2, 0) is 0 Å². The number of rotatable bonds is 6. The quantitative estimate of drug-likeness (QED) is 0.749. The van der Waals surface area contributed by atoms with Crippen LogP contribution in [0.1, 0.15) is 53.4 Å². The first-order valence-corrected chi connectivity index (χ1v) is 7.18. The zero-order valence-electron chi connectivity index (χ0n) is 11.6. The van der Waals surface area contributed by atoms with Gasteiger partial charge in [-0.15, -0.1) is 0 Å². The van der Waals surface area contributed by atoms with Crippen molar-refractivity contribution >= 4 is 0 Å². The van der Waals surface area contributed by atoms with Gasteiger partial charge in [-0.25, -0.2) is 0 Å². The van der Waals surface area contributed by atoms with Crippen LogP contribution >= 0.6 is 0 Å². The van der Waals surface area contributed by atoms with Crippen LogP contribution in [0.4, 0.5) is 0 Å². The lowest BCUT2D eigenvalue weighted by Crippen LogP contribution is -2.56. The van der Waals surface area contributed by atoms with Gasteiger partial charge in [0.15, 0.2) is 0 Å². The summed E-state index contributed by atoms with van der Waals surface area (Å²) in [7, 11) is 0. The molecule has 0 aliphatic carbocycles. The van der Waals surface area contributed by atoms with E-state index in [1.54, 1.807) is 0 Å². The summed E-state index contributed by atoms with van der Waals surface area (Å²) in [4.78, 5) is 2.74. The van der Waals surface area contributed by atoms with E-state index in [1.165, 1.54) is 45.3 Å². The number of nitrogens with one attached hydrogen (secondary N) is 1. The minimum absolute atomic E-state index is 0.669. The Labute approximate surface area is 102 Å². The summed E-state index contributed by atoms with van der Waals surface area (Å²) >= 11 is 0. The Bertz CT molecular complexity index is 178. The highest BCUT2D eigenvalue weighted by atomic mass is 15.2. The molecule has 0 radical (unpaired) electrons. The SMILES string of the molecule is CCCC1CNC(C)CN1CC(CC)CC. The Morgan fingerprint density at radius 1 is 1.25 bits per heavy atom. The van der Waals surface area contributed by atoms with Gasteiger partial charge in [0.1, 0.15) is 0 Å². The Kier molecular flexibility index (Phi) is 6.37. The van der Waals surface area contributed by atoms with E-state index < -0.39 is 0 Å². The predicted molar refractivity (Wildman–Crippen MR) is 71.8 cm³/mol. The monoisotopic (exact) mass is 226 g/mol. The maximum absolute atomic E-state index is 3.61. The molecule has 1 aliphatic heterocycles. The lowest BCUT2D eigenvalue weighted by molar-refractivity contribution is 0.105. The van der Waals surface area contributed by atoms with Gasteiger partial charge in [-0.2, -0.15) is 0 Å². The minimum atomic E-state index is 0.669. The van der Waals surface area contributed by atoms with Gasteiger partial charge in [-0.1, -0.05) is 40.0 Å². The van der Waals surface area contributed by atoms with Crippen molar-refractivity contribution in [3.63, 3.8) is 0 Å². The molecule has 0 aromatic heterocycles. The number of hydrogen-bond acceptors (Lipinski definition) is 2. The molecule has 96 valence electrons. The molecule has 1 rings (SSSR count). The normalized spacial score (nSPS) is 27.6. The van der Waals surface area contributed by atoms with Crippen molar-refractivity contribution in [3.05, 3.63) is 0 Å². The summed E-state index contributed by atoms with van der Waals surface area (Å²) < 4.78 is 0. The van der Waals surface area contributed by atoms with Crippen LogP contribution in [0.25, 0.3) is 0 Å². The molecule has 2 heteroatoms. The molecule has 0 bridgehead atoms. The molecule has 0 amide bonds. The predicted octanol–water partition coefficient (Wildman–Crippen LogP) is 2.89. The van der Waals surface area contributed by atoms with Crippen molar-refractivity contribution in [2.45, 2.75) is 65.5 Å². The van der Waals surface area contributed by atoms with E-state index >= 15 is 0 Å². The fourth-order valence-corrected chi connectivity index (χ4v) is 2.75. The first-order valence-electron chi connectivity index (χ1n) is 7.18. The Balaban J connectivity index is 2.49. The molecule has 2 atom stereocenters. The lowest BCUT2D eigenvalue weighted by Gasteiger charge is -2.41. The first kappa shape index (κ1) is 14.0. The molecule has 16 heavy (non-hydrogen) atoms. The lowest BCUT2D eigenvalue weighted by atomic mass is 9.98. The molecule has 2 nitrogen and oxygen atoms in total. The second kappa shape index (κ2) is 7.29. The van der Waals surface area contributed by atoms with E-state index in [0.29, 0.717) is 6.04 Å². The largest absolute Gasteiger partial charge is 0.311 e. The summed E-state index contributed by atoms with van der Waals surface area (Å²) in [6.45, 7) is 13.0.